The molecule has 1 aliphatic rings. The number of amides is 1. The fourth-order valence-corrected chi connectivity index (χ4v) is 3.06. The topological polar surface area (TPSA) is 77.2 Å². The van der Waals surface area contributed by atoms with E-state index in [1.165, 1.54) is 6.07 Å². The Morgan fingerprint density at radius 1 is 1.23 bits per heavy atom. The van der Waals surface area contributed by atoms with Gasteiger partial charge in [-0.05, 0) is 36.6 Å². The zero-order valence-electron chi connectivity index (χ0n) is 16.1. The molecule has 0 radical (unpaired) electrons. The molecule has 1 aromatic carbocycles. The molecule has 2 aromatic heterocycles. The van der Waals surface area contributed by atoms with Crippen LogP contribution in [-0.4, -0.2) is 28.8 Å². The van der Waals surface area contributed by atoms with Crippen LogP contribution in [0.1, 0.15) is 40.7 Å². The van der Waals surface area contributed by atoms with Crippen LogP contribution >= 0.6 is 11.6 Å². The molecule has 6 nitrogen and oxygen atoms in total. The maximum atomic E-state index is 12.6. The number of hydrogen-bond acceptors (Lipinski definition) is 5. The number of aromatic nitrogens is 2. The molecule has 1 aliphatic carbocycles. The molecule has 162 valence electrons. The second kappa shape index (κ2) is 8.58. The Morgan fingerprint density at radius 3 is 2.65 bits per heavy atom. The number of carbonyl (C=O) groups is 1. The summed E-state index contributed by atoms with van der Waals surface area (Å²) in [7, 11) is 0. The van der Waals surface area contributed by atoms with Crippen molar-refractivity contribution in [1.82, 2.24) is 15.5 Å². The van der Waals surface area contributed by atoms with Gasteiger partial charge in [-0.15, -0.1) is 0 Å². The van der Waals surface area contributed by atoms with Gasteiger partial charge in [0.05, 0.1) is 12.7 Å². The number of pyridine rings is 1. The van der Waals surface area contributed by atoms with Gasteiger partial charge in [-0.3, -0.25) is 4.79 Å². The molecule has 0 saturated heterocycles. The molecule has 1 N–H and O–H groups in total. The van der Waals surface area contributed by atoms with Gasteiger partial charge in [0.1, 0.15) is 22.9 Å². The van der Waals surface area contributed by atoms with Crippen molar-refractivity contribution < 1.29 is 27.2 Å². The number of hydrogen-bond donors (Lipinski definition) is 1. The zero-order chi connectivity index (χ0) is 22.0. The van der Waals surface area contributed by atoms with Crippen LogP contribution in [0.3, 0.4) is 0 Å². The van der Waals surface area contributed by atoms with Crippen molar-refractivity contribution in [2.45, 2.75) is 31.5 Å². The molecule has 1 saturated carbocycles. The van der Waals surface area contributed by atoms with Crippen LogP contribution in [0.4, 0.5) is 13.2 Å². The first-order valence-corrected chi connectivity index (χ1v) is 9.85. The molecule has 0 aliphatic heterocycles. The van der Waals surface area contributed by atoms with Crippen molar-refractivity contribution >= 4 is 17.5 Å². The van der Waals surface area contributed by atoms with Crippen LogP contribution in [-0.2, 0) is 6.54 Å². The fourth-order valence-electron chi connectivity index (χ4n) is 2.93. The maximum Gasteiger partial charge on any atom is 0.422 e. The Hall–Kier alpha value is -3.07. The number of rotatable bonds is 7. The van der Waals surface area contributed by atoms with E-state index in [1.54, 1.807) is 30.3 Å². The summed E-state index contributed by atoms with van der Waals surface area (Å²) < 4.78 is 48.0. The summed E-state index contributed by atoms with van der Waals surface area (Å²) in [4.78, 5) is 16.5. The van der Waals surface area contributed by atoms with E-state index in [-0.39, 0.29) is 18.0 Å². The third kappa shape index (κ3) is 5.55. The van der Waals surface area contributed by atoms with Gasteiger partial charge in [0.15, 0.2) is 6.61 Å². The first-order valence-electron chi connectivity index (χ1n) is 9.48. The number of ether oxygens (including phenoxy) is 1. The van der Waals surface area contributed by atoms with E-state index >= 15 is 0 Å². The summed E-state index contributed by atoms with van der Waals surface area (Å²) in [6.07, 6.45) is -1.27. The van der Waals surface area contributed by atoms with Gasteiger partial charge < -0.3 is 14.6 Å². The highest BCUT2D eigenvalue weighted by atomic mass is 35.5. The van der Waals surface area contributed by atoms with Crippen molar-refractivity contribution in [3.8, 4) is 16.9 Å². The Balaban J connectivity index is 1.52. The highest BCUT2D eigenvalue weighted by Crippen LogP contribution is 2.40. The molecule has 10 heteroatoms. The second-order valence-electron chi connectivity index (χ2n) is 7.15. The third-order valence-corrected chi connectivity index (χ3v) is 4.89. The minimum Gasteiger partial charge on any atom is -0.482 e. The van der Waals surface area contributed by atoms with Crippen LogP contribution < -0.4 is 10.1 Å². The number of benzene rings is 1. The SMILES string of the molecule is O=C(NCc1cc(C2CC2)on1)c1cc(-c2ccc(Cl)cc2)c(OCC(F)(F)F)cn1. The minimum atomic E-state index is -4.51. The predicted octanol–water partition coefficient (Wildman–Crippen LogP) is 5.14. The highest BCUT2D eigenvalue weighted by molar-refractivity contribution is 6.30. The summed E-state index contributed by atoms with van der Waals surface area (Å²) in [6, 6.07) is 9.60. The lowest BCUT2D eigenvalue weighted by Crippen LogP contribution is -2.24. The Morgan fingerprint density at radius 2 is 1.97 bits per heavy atom. The van der Waals surface area contributed by atoms with Gasteiger partial charge in [0.2, 0.25) is 0 Å². The summed E-state index contributed by atoms with van der Waals surface area (Å²) >= 11 is 5.90. The third-order valence-electron chi connectivity index (χ3n) is 4.63. The number of alkyl halides is 3. The molecule has 4 rings (SSSR count). The van der Waals surface area contributed by atoms with Crippen molar-refractivity contribution in [3.05, 3.63) is 64.8 Å². The van der Waals surface area contributed by atoms with E-state index in [0.717, 1.165) is 24.8 Å². The van der Waals surface area contributed by atoms with Gasteiger partial charge >= 0.3 is 6.18 Å². The van der Waals surface area contributed by atoms with E-state index in [4.69, 9.17) is 20.9 Å². The van der Waals surface area contributed by atoms with E-state index in [0.29, 0.717) is 27.8 Å². The molecule has 2 heterocycles. The van der Waals surface area contributed by atoms with Crippen molar-refractivity contribution in [2.75, 3.05) is 6.61 Å². The molecule has 1 fully saturated rings. The van der Waals surface area contributed by atoms with Gasteiger partial charge in [0.25, 0.3) is 5.91 Å². The van der Waals surface area contributed by atoms with Crippen molar-refractivity contribution in [1.29, 1.82) is 0 Å². The van der Waals surface area contributed by atoms with Gasteiger partial charge in [-0.2, -0.15) is 13.2 Å². The van der Waals surface area contributed by atoms with E-state index in [2.05, 4.69) is 15.5 Å². The highest BCUT2D eigenvalue weighted by Gasteiger charge is 2.29. The molecule has 0 unspecified atom stereocenters. The minimum absolute atomic E-state index is 0.0234. The zero-order valence-corrected chi connectivity index (χ0v) is 16.8. The monoisotopic (exact) mass is 451 g/mol. The van der Waals surface area contributed by atoms with Gasteiger partial charge in [0, 0.05) is 22.6 Å². The molecular formula is C21H17ClF3N3O3. The number of nitrogens with one attached hydrogen (secondary N) is 1. The quantitative estimate of drug-likeness (QED) is 0.538. The number of nitrogens with zero attached hydrogens (tertiary/aromatic N) is 2. The van der Waals surface area contributed by atoms with Crippen molar-refractivity contribution in [3.63, 3.8) is 0 Å². The lowest BCUT2D eigenvalue weighted by molar-refractivity contribution is -0.153. The number of carbonyl (C=O) groups excluding carboxylic acids is 1. The largest absolute Gasteiger partial charge is 0.482 e. The average molecular weight is 452 g/mol. The molecule has 0 bridgehead atoms. The summed E-state index contributed by atoms with van der Waals surface area (Å²) in [5.41, 5.74) is 1.43. The first kappa shape index (κ1) is 21.2. The summed E-state index contributed by atoms with van der Waals surface area (Å²) in [6.45, 7) is -1.34. The lowest BCUT2D eigenvalue weighted by Gasteiger charge is -2.14. The lowest BCUT2D eigenvalue weighted by atomic mass is 10.0. The molecular weight excluding hydrogens is 435 g/mol. The molecule has 31 heavy (non-hydrogen) atoms. The van der Waals surface area contributed by atoms with Crippen LogP contribution in [0.5, 0.6) is 5.75 Å². The smallest absolute Gasteiger partial charge is 0.422 e. The molecule has 3 aromatic rings. The molecule has 0 atom stereocenters. The van der Waals surface area contributed by atoms with E-state index < -0.39 is 18.7 Å². The van der Waals surface area contributed by atoms with Crippen molar-refractivity contribution in [2.24, 2.45) is 0 Å². The van der Waals surface area contributed by atoms with Crippen LogP contribution in [0, 0.1) is 0 Å². The molecule has 1 amide bonds. The average Bonchev–Trinajstić information content (AvgIpc) is 3.48. The van der Waals surface area contributed by atoms with E-state index in [1.807, 2.05) is 0 Å². The Bertz CT molecular complexity index is 1080. The van der Waals surface area contributed by atoms with Gasteiger partial charge in [-0.25, -0.2) is 4.98 Å². The summed E-state index contributed by atoms with van der Waals surface area (Å²) in [5, 5.41) is 7.08. The summed E-state index contributed by atoms with van der Waals surface area (Å²) in [5.74, 6) is 0.610. The predicted molar refractivity (Wildman–Crippen MR) is 106 cm³/mol. The first-order chi connectivity index (χ1) is 14.8. The molecule has 0 spiro atoms. The normalized spacial score (nSPS) is 13.8. The van der Waals surface area contributed by atoms with Gasteiger partial charge in [-0.1, -0.05) is 28.9 Å². The van der Waals surface area contributed by atoms with E-state index in [9.17, 15) is 18.0 Å². The fraction of sp³-hybridized carbons (Fsp3) is 0.286. The standard InChI is InChI=1S/C21H17ClF3N3O3/c22-14-5-3-12(4-6-14)16-8-17(26-10-19(16)30-11-21(23,24)25)20(29)27-9-15-7-18(31-28-15)13-1-2-13/h3-8,10,13H,1-2,9,11H2,(H,27,29). The van der Waals surface area contributed by atoms with Crippen LogP contribution in [0.15, 0.2) is 47.1 Å². The second-order valence-corrected chi connectivity index (χ2v) is 7.59. The Labute approximate surface area is 180 Å². The van der Waals surface area contributed by atoms with Crippen LogP contribution in [0.25, 0.3) is 11.1 Å². The maximum absolute atomic E-state index is 12.6. The van der Waals surface area contributed by atoms with Crippen LogP contribution in [0.2, 0.25) is 5.02 Å². The number of halogens is 4. The Kier molecular flexibility index (Phi) is 5.86.